The Labute approximate surface area is 152 Å². The summed E-state index contributed by atoms with van der Waals surface area (Å²) in [7, 11) is 0. The van der Waals surface area contributed by atoms with Gasteiger partial charge in [-0.05, 0) is 25.0 Å². The average molecular weight is 367 g/mol. The van der Waals surface area contributed by atoms with E-state index in [4.69, 9.17) is 16.7 Å². The first-order valence-corrected chi connectivity index (χ1v) is 8.91. The van der Waals surface area contributed by atoms with Gasteiger partial charge in [0.25, 0.3) is 0 Å². The topological polar surface area (TPSA) is 86.7 Å². The zero-order chi connectivity index (χ0) is 18.2. The third-order valence-corrected chi connectivity index (χ3v) is 4.58. The predicted octanol–water partition coefficient (Wildman–Crippen LogP) is 2.84. The van der Waals surface area contributed by atoms with E-state index in [9.17, 15) is 14.4 Å². The van der Waals surface area contributed by atoms with Crippen molar-refractivity contribution in [2.24, 2.45) is 5.92 Å². The summed E-state index contributed by atoms with van der Waals surface area (Å²) < 4.78 is 0. The highest BCUT2D eigenvalue weighted by atomic mass is 35.5. The number of nitrogens with one attached hydrogen (secondary N) is 1. The monoisotopic (exact) mass is 366 g/mol. The Kier molecular flexibility index (Phi) is 7.25. The minimum Gasteiger partial charge on any atom is -0.481 e. The molecule has 1 fully saturated rings. The molecule has 2 amide bonds. The van der Waals surface area contributed by atoms with Crippen LogP contribution in [-0.4, -0.2) is 36.0 Å². The number of nitrogens with zero attached hydrogens (tertiary/aromatic N) is 1. The molecule has 0 saturated carbocycles. The Morgan fingerprint density at radius 3 is 2.64 bits per heavy atom. The molecule has 1 aliphatic heterocycles. The molecular weight excluding hydrogens is 344 g/mol. The van der Waals surface area contributed by atoms with Gasteiger partial charge in [0.15, 0.2) is 0 Å². The van der Waals surface area contributed by atoms with Gasteiger partial charge in [-0.3, -0.25) is 14.4 Å². The normalized spacial score (nSPS) is 16.9. The van der Waals surface area contributed by atoms with Crippen molar-refractivity contribution >= 4 is 35.1 Å². The van der Waals surface area contributed by atoms with Crippen LogP contribution in [0.5, 0.6) is 0 Å². The fourth-order valence-corrected chi connectivity index (χ4v) is 3.14. The summed E-state index contributed by atoms with van der Waals surface area (Å²) in [6.07, 6.45) is 3.56. The number of rotatable bonds is 9. The molecule has 6 nitrogen and oxygen atoms in total. The van der Waals surface area contributed by atoms with Crippen LogP contribution in [0.2, 0.25) is 5.02 Å². The van der Waals surface area contributed by atoms with E-state index in [1.807, 2.05) is 6.07 Å². The number of hydrogen-bond donors (Lipinski definition) is 2. The van der Waals surface area contributed by atoms with E-state index in [1.165, 1.54) is 0 Å². The van der Waals surface area contributed by atoms with Gasteiger partial charge in [-0.1, -0.05) is 36.6 Å². The van der Waals surface area contributed by atoms with E-state index in [0.29, 0.717) is 30.2 Å². The van der Waals surface area contributed by atoms with E-state index < -0.39 is 5.97 Å². The largest absolute Gasteiger partial charge is 0.481 e. The second-order valence-corrected chi connectivity index (χ2v) is 6.61. The number of hydrogen-bond acceptors (Lipinski definition) is 3. The summed E-state index contributed by atoms with van der Waals surface area (Å²) in [4.78, 5) is 36.4. The molecule has 0 aromatic heterocycles. The standard InChI is InChI=1S/C18H23ClN2O4/c19-14-7-4-5-8-15(14)21-12-13(11-16(21)22)18(25)20-10-6-2-1-3-9-17(23)24/h4-5,7-8,13H,1-3,6,9-12H2,(H,20,25)(H,23,24). The van der Waals surface area contributed by atoms with Crippen molar-refractivity contribution in [3.8, 4) is 0 Å². The lowest BCUT2D eigenvalue weighted by Crippen LogP contribution is -2.33. The summed E-state index contributed by atoms with van der Waals surface area (Å²) in [5.41, 5.74) is 0.642. The number of aliphatic carboxylic acids is 1. The second kappa shape index (κ2) is 9.42. The first-order chi connectivity index (χ1) is 12.0. The highest BCUT2D eigenvalue weighted by Crippen LogP contribution is 2.30. The van der Waals surface area contributed by atoms with Crippen LogP contribution < -0.4 is 10.2 Å². The third kappa shape index (κ3) is 5.74. The van der Waals surface area contributed by atoms with Crippen molar-refractivity contribution < 1.29 is 19.5 Å². The molecule has 1 unspecified atom stereocenters. The van der Waals surface area contributed by atoms with Crippen LogP contribution in [-0.2, 0) is 14.4 Å². The van der Waals surface area contributed by atoms with Gasteiger partial charge in [0.05, 0.1) is 16.6 Å². The average Bonchev–Trinajstić information content (AvgIpc) is 2.96. The molecule has 0 bridgehead atoms. The zero-order valence-corrected chi connectivity index (χ0v) is 14.8. The number of amides is 2. The molecule has 1 aromatic rings. The van der Waals surface area contributed by atoms with E-state index in [2.05, 4.69) is 5.32 Å². The van der Waals surface area contributed by atoms with Crippen LogP contribution in [0.25, 0.3) is 0 Å². The van der Waals surface area contributed by atoms with Gasteiger partial charge < -0.3 is 15.3 Å². The van der Waals surface area contributed by atoms with E-state index >= 15 is 0 Å². The minimum atomic E-state index is -0.776. The predicted molar refractivity (Wildman–Crippen MR) is 95.6 cm³/mol. The van der Waals surface area contributed by atoms with Crippen molar-refractivity contribution in [2.75, 3.05) is 18.0 Å². The van der Waals surface area contributed by atoms with Crippen molar-refractivity contribution in [3.63, 3.8) is 0 Å². The zero-order valence-electron chi connectivity index (χ0n) is 14.0. The summed E-state index contributed by atoms with van der Waals surface area (Å²) in [5, 5.41) is 11.9. The van der Waals surface area contributed by atoms with Crippen molar-refractivity contribution in [2.45, 2.75) is 38.5 Å². The van der Waals surface area contributed by atoms with Gasteiger partial charge in [0, 0.05) is 25.9 Å². The van der Waals surface area contributed by atoms with Crippen LogP contribution in [0.3, 0.4) is 0 Å². The van der Waals surface area contributed by atoms with Crippen LogP contribution in [0.1, 0.15) is 38.5 Å². The van der Waals surface area contributed by atoms with Crippen molar-refractivity contribution in [1.29, 1.82) is 0 Å². The molecule has 1 atom stereocenters. The SMILES string of the molecule is O=C(O)CCCCCCNC(=O)C1CC(=O)N(c2ccccc2Cl)C1. The van der Waals surface area contributed by atoms with Gasteiger partial charge in [-0.15, -0.1) is 0 Å². The molecule has 0 radical (unpaired) electrons. The first kappa shape index (κ1) is 19.2. The van der Waals surface area contributed by atoms with Crippen LogP contribution in [0.15, 0.2) is 24.3 Å². The Morgan fingerprint density at radius 1 is 1.20 bits per heavy atom. The Morgan fingerprint density at radius 2 is 1.92 bits per heavy atom. The number of anilines is 1. The maximum absolute atomic E-state index is 12.2. The molecule has 0 aliphatic carbocycles. The third-order valence-electron chi connectivity index (χ3n) is 4.26. The van der Waals surface area contributed by atoms with Crippen LogP contribution in [0, 0.1) is 5.92 Å². The smallest absolute Gasteiger partial charge is 0.303 e. The summed E-state index contributed by atoms with van der Waals surface area (Å²) in [6, 6.07) is 7.11. The summed E-state index contributed by atoms with van der Waals surface area (Å²) in [5.74, 6) is -1.35. The molecular formula is C18H23ClN2O4. The fraction of sp³-hybridized carbons (Fsp3) is 0.500. The molecule has 7 heteroatoms. The molecule has 1 aliphatic rings. The molecule has 1 aromatic carbocycles. The van der Waals surface area contributed by atoms with Crippen LogP contribution >= 0.6 is 11.6 Å². The van der Waals surface area contributed by atoms with Crippen LogP contribution in [0.4, 0.5) is 5.69 Å². The van der Waals surface area contributed by atoms with Gasteiger partial charge in [-0.2, -0.15) is 0 Å². The Balaban J connectivity index is 1.72. The Hall–Kier alpha value is -2.08. The quantitative estimate of drug-likeness (QED) is 0.658. The number of carbonyl (C=O) groups is 3. The lowest BCUT2D eigenvalue weighted by atomic mass is 10.1. The summed E-state index contributed by atoms with van der Waals surface area (Å²) >= 11 is 6.13. The molecule has 0 spiro atoms. The number of carboxylic acid groups (broad SMARTS) is 1. The van der Waals surface area contributed by atoms with Gasteiger partial charge >= 0.3 is 5.97 Å². The van der Waals surface area contributed by atoms with Gasteiger partial charge in [0.1, 0.15) is 0 Å². The minimum absolute atomic E-state index is 0.0954. The number of carboxylic acids is 1. The first-order valence-electron chi connectivity index (χ1n) is 8.53. The van der Waals surface area contributed by atoms with Crippen molar-refractivity contribution in [3.05, 3.63) is 29.3 Å². The second-order valence-electron chi connectivity index (χ2n) is 6.21. The highest BCUT2D eigenvalue weighted by molar-refractivity contribution is 6.33. The fourth-order valence-electron chi connectivity index (χ4n) is 2.90. The maximum atomic E-state index is 12.2. The number of carbonyl (C=O) groups excluding carboxylic acids is 2. The maximum Gasteiger partial charge on any atom is 0.303 e. The van der Waals surface area contributed by atoms with Gasteiger partial charge in [0.2, 0.25) is 11.8 Å². The van der Waals surface area contributed by atoms with E-state index in [1.54, 1.807) is 23.1 Å². The molecule has 136 valence electrons. The number of halogens is 1. The lowest BCUT2D eigenvalue weighted by molar-refractivity contribution is -0.137. The van der Waals surface area contributed by atoms with E-state index in [0.717, 1.165) is 19.3 Å². The molecule has 2 N–H and O–H groups in total. The Bertz CT molecular complexity index is 635. The van der Waals surface area contributed by atoms with E-state index in [-0.39, 0.29) is 30.6 Å². The molecule has 1 heterocycles. The summed E-state index contributed by atoms with van der Waals surface area (Å²) in [6.45, 7) is 0.885. The molecule has 2 rings (SSSR count). The number of unbranched alkanes of at least 4 members (excludes halogenated alkanes) is 3. The number of benzene rings is 1. The number of para-hydroxylation sites is 1. The van der Waals surface area contributed by atoms with Crippen molar-refractivity contribution in [1.82, 2.24) is 5.32 Å². The molecule has 1 saturated heterocycles. The highest BCUT2D eigenvalue weighted by Gasteiger charge is 2.35. The van der Waals surface area contributed by atoms with Gasteiger partial charge in [-0.25, -0.2) is 0 Å². The molecule has 25 heavy (non-hydrogen) atoms. The lowest BCUT2D eigenvalue weighted by Gasteiger charge is -2.18.